The van der Waals surface area contributed by atoms with Crippen molar-refractivity contribution in [1.82, 2.24) is 0 Å². The van der Waals surface area contributed by atoms with Crippen LogP contribution < -0.4 is 5.32 Å². The first-order chi connectivity index (χ1) is 8.79. The van der Waals surface area contributed by atoms with Gasteiger partial charge in [-0.15, -0.1) is 11.3 Å². The molecule has 1 aromatic rings. The van der Waals surface area contributed by atoms with Gasteiger partial charge in [-0.3, -0.25) is 4.79 Å². The van der Waals surface area contributed by atoms with Gasteiger partial charge in [-0.2, -0.15) is 0 Å². The highest BCUT2D eigenvalue weighted by molar-refractivity contribution is 7.16. The molecule has 3 rings (SSSR count). The van der Waals surface area contributed by atoms with E-state index >= 15 is 0 Å². The third-order valence-corrected chi connectivity index (χ3v) is 5.22. The lowest BCUT2D eigenvalue weighted by Gasteiger charge is -2.12. The minimum Gasteiger partial charge on any atom is -0.317 e. The van der Waals surface area contributed by atoms with Crippen molar-refractivity contribution in [3.8, 4) is 0 Å². The van der Waals surface area contributed by atoms with Crippen LogP contribution in [0.4, 0.5) is 5.00 Å². The van der Waals surface area contributed by atoms with Crippen molar-refractivity contribution in [2.24, 2.45) is 5.92 Å². The fourth-order valence-corrected chi connectivity index (χ4v) is 4.15. The molecule has 0 bridgehead atoms. The highest BCUT2D eigenvalue weighted by Crippen LogP contribution is 2.40. The number of thiophene rings is 1. The number of fused-ring (bicyclic) bond motifs is 1. The number of anilines is 1. The predicted octanol–water partition coefficient (Wildman–Crippen LogP) is 3.93. The first-order valence-corrected chi connectivity index (χ1v) is 8.05. The normalized spacial score (nSPS) is 18.5. The summed E-state index contributed by atoms with van der Waals surface area (Å²) in [5.74, 6) is 0.560. The molecule has 18 heavy (non-hydrogen) atoms. The third kappa shape index (κ3) is 2.33. The second-order valence-corrected chi connectivity index (χ2v) is 6.64. The molecular formula is C15H21NOS. The minimum atomic E-state index is 0.256. The van der Waals surface area contributed by atoms with Crippen molar-refractivity contribution in [1.29, 1.82) is 0 Å². The van der Waals surface area contributed by atoms with E-state index in [0.717, 1.165) is 25.7 Å². The molecule has 1 saturated carbocycles. The maximum absolute atomic E-state index is 11.9. The van der Waals surface area contributed by atoms with Gasteiger partial charge >= 0.3 is 0 Å². The van der Waals surface area contributed by atoms with E-state index in [1.54, 1.807) is 5.56 Å². The van der Waals surface area contributed by atoms with Crippen LogP contribution in [0.1, 0.15) is 55.0 Å². The van der Waals surface area contributed by atoms with Gasteiger partial charge in [0.1, 0.15) is 0 Å². The summed E-state index contributed by atoms with van der Waals surface area (Å²) in [4.78, 5) is 13.5. The smallest absolute Gasteiger partial charge is 0.228 e. The number of carbonyl (C=O) groups excluding carboxylic acids is 1. The number of carbonyl (C=O) groups is 1. The Morgan fingerprint density at radius 1 is 1.33 bits per heavy atom. The molecule has 2 aliphatic rings. The van der Waals surface area contributed by atoms with Crippen LogP contribution in [-0.2, 0) is 24.1 Å². The van der Waals surface area contributed by atoms with Gasteiger partial charge in [0, 0.05) is 10.8 Å². The Balaban J connectivity index is 1.86. The van der Waals surface area contributed by atoms with Crippen molar-refractivity contribution in [3.05, 3.63) is 16.0 Å². The van der Waals surface area contributed by atoms with Crippen molar-refractivity contribution < 1.29 is 4.79 Å². The first-order valence-electron chi connectivity index (χ1n) is 7.24. The van der Waals surface area contributed by atoms with Gasteiger partial charge in [0.15, 0.2) is 0 Å². The van der Waals surface area contributed by atoms with Gasteiger partial charge in [0.2, 0.25) is 5.91 Å². The van der Waals surface area contributed by atoms with E-state index in [4.69, 9.17) is 0 Å². The molecule has 1 fully saturated rings. The number of hydrogen-bond acceptors (Lipinski definition) is 2. The van der Waals surface area contributed by atoms with Gasteiger partial charge in [-0.1, -0.05) is 13.3 Å². The SMILES string of the molecule is CCCc1c(NC(=O)C2CC2)sc2c1CCCC2. The van der Waals surface area contributed by atoms with Crippen LogP contribution in [0.25, 0.3) is 0 Å². The van der Waals surface area contributed by atoms with Gasteiger partial charge < -0.3 is 5.32 Å². The number of aryl methyl sites for hydroxylation is 1. The average molecular weight is 263 g/mol. The summed E-state index contributed by atoms with van der Waals surface area (Å²) in [6, 6.07) is 0. The maximum Gasteiger partial charge on any atom is 0.228 e. The largest absolute Gasteiger partial charge is 0.317 e. The van der Waals surface area contributed by atoms with E-state index in [2.05, 4.69) is 12.2 Å². The predicted molar refractivity (Wildman–Crippen MR) is 76.3 cm³/mol. The molecule has 0 unspecified atom stereocenters. The Labute approximate surface area is 113 Å². The fraction of sp³-hybridized carbons (Fsp3) is 0.667. The molecule has 1 heterocycles. The number of hydrogen-bond donors (Lipinski definition) is 1. The number of rotatable bonds is 4. The summed E-state index contributed by atoms with van der Waals surface area (Å²) >= 11 is 1.84. The van der Waals surface area contributed by atoms with Crippen molar-refractivity contribution in [2.75, 3.05) is 5.32 Å². The monoisotopic (exact) mass is 263 g/mol. The van der Waals surface area contributed by atoms with Gasteiger partial charge in [-0.05, 0) is 56.1 Å². The molecule has 0 radical (unpaired) electrons. The van der Waals surface area contributed by atoms with Crippen molar-refractivity contribution in [2.45, 2.75) is 58.3 Å². The Morgan fingerprint density at radius 3 is 2.83 bits per heavy atom. The van der Waals surface area contributed by atoms with Crippen LogP contribution in [0.5, 0.6) is 0 Å². The van der Waals surface area contributed by atoms with E-state index in [1.807, 2.05) is 11.3 Å². The van der Waals surface area contributed by atoms with Gasteiger partial charge in [0.05, 0.1) is 5.00 Å². The molecule has 0 atom stereocenters. The molecule has 3 heteroatoms. The lowest BCUT2D eigenvalue weighted by atomic mass is 9.94. The van der Waals surface area contributed by atoms with Crippen LogP contribution >= 0.6 is 11.3 Å². The zero-order valence-corrected chi connectivity index (χ0v) is 11.9. The molecule has 98 valence electrons. The fourth-order valence-electron chi connectivity index (χ4n) is 2.81. The number of nitrogens with one attached hydrogen (secondary N) is 1. The topological polar surface area (TPSA) is 29.1 Å². The maximum atomic E-state index is 11.9. The molecule has 0 aromatic carbocycles. The summed E-state index contributed by atoms with van der Waals surface area (Å²) in [6.07, 6.45) is 9.52. The quantitative estimate of drug-likeness (QED) is 0.876. The summed E-state index contributed by atoms with van der Waals surface area (Å²) in [6.45, 7) is 2.22. The molecular weight excluding hydrogens is 242 g/mol. The van der Waals surface area contributed by atoms with E-state index < -0.39 is 0 Å². The van der Waals surface area contributed by atoms with Crippen LogP contribution in [0.15, 0.2) is 0 Å². The molecule has 1 N–H and O–H groups in total. The van der Waals surface area contributed by atoms with Crippen LogP contribution in [0.3, 0.4) is 0 Å². The van der Waals surface area contributed by atoms with E-state index in [0.29, 0.717) is 5.92 Å². The van der Waals surface area contributed by atoms with E-state index in [1.165, 1.54) is 41.1 Å². The van der Waals surface area contributed by atoms with Gasteiger partial charge in [-0.25, -0.2) is 0 Å². The average Bonchev–Trinajstić information content (AvgIpc) is 3.16. The third-order valence-electron chi connectivity index (χ3n) is 3.97. The molecule has 1 amide bonds. The molecule has 2 nitrogen and oxygen atoms in total. The second kappa shape index (κ2) is 5.04. The zero-order valence-electron chi connectivity index (χ0n) is 11.1. The Morgan fingerprint density at radius 2 is 2.11 bits per heavy atom. The lowest BCUT2D eigenvalue weighted by Crippen LogP contribution is -2.13. The van der Waals surface area contributed by atoms with Crippen LogP contribution in [0, 0.1) is 5.92 Å². The highest BCUT2D eigenvalue weighted by Gasteiger charge is 2.31. The Bertz CT molecular complexity index is 459. The van der Waals surface area contributed by atoms with Crippen molar-refractivity contribution >= 4 is 22.2 Å². The minimum absolute atomic E-state index is 0.256. The summed E-state index contributed by atoms with van der Waals surface area (Å²) in [5.41, 5.74) is 3.02. The first kappa shape index (κ1) is 12.2. The van der Waals surface area contributed by atoms with Crippen LogP contribution in [-0.4, -0.2) is 5.91 Å². The lowest BCUT2D eigenvalue weighted by molar-refractivity contribution is -0.117. The van der Waals surface area contributed by atoms with Crippen LogP contribution in [0.2, 0.25) is 0 Å². The van der Waals surface area contributed by atoms with E-state index in [-0.39, 0.29) is 5.91 Å². The van der Waals surface area contributed by atoms with Gasteiger partial charge in [0.25, 0.3) is 0 Å². The molecule has 2 aliphatic carbocycles. The molecule has 0 aliphatic heterocycles. The van der Waals surface area contributed by atoms with Crippen molar-refractivity contribution in [3.63, 3.8) is 0 Å². The summed E-state index contributed by atoms with van der Waals surface area (Å²) in [5, 5.41) is 4.36. The molecule has 0 spiro atoms. The standard InChI is InChI=1S/C15H21NOS/c1-2-5-12-11-6-3-4-7-13(11)18-15(12)16-14(17)10-8-9-10/h10H,2-9H2,1H3,(H,16,17). The number of amides is 1. The summed E-state index contributed by atoms with van der Waals surface area (Å²) < 4.78 is 0. The van der Waals surface area contributed by atoms with E-state index in [9.17, 15) is 4.79 Å². The highest BCUT2D eigenvalue weighted by atomic mass is 32.1. The second-order valence-electron chi connectivity index (χ2n) is 5.53. The molecule has 0 saturated heterocycles. The zero-order chi connectivity index (χ0) is 12.5. The molecule has 1 aromatic heterocycles. The Hall–Kier alpha value is -0.830. The summed E-state index contributed by atoms with van der Waals surface area (Å²) in [7, 11) is 0. The Kier molecular flexibility index (Phi) is 3.42.